The number of aliphatic hydroxyl groups excluding tert-OH is 2. The number of hydrogen-bond donors (Lipinski definition) is 3. The molecule has 0 amide bonds. The third-order valence-electron chi connectivity index (χ3n) is 3.39. The summed E-state index contributed by atoms with van der Waals surface area (Å²) in [4.78, 5) is 9.34. The van der Waals surface area contributed by atoms with Crippen LogP contribution in [0.4, 0.5) is 37.7 Å². The van der Waals surface area contributed by atoms with Gasteiger partial charge in [0.1, 0.15) is 0 Å². The molecule has 2 aromatic rings. The first-order valence-electron chi connectivity index (χ1n) is 7.33. The third kappa shape index (κ3) is 7.23. The van der Waals surface area contributed by atoms with Gasteiger partial charge in [0.15, 0.2) is 0 Å². The SMILES string of the molecule is C.Nc1ccc(CO)c(C(F)(F)F)c1.O=[N+]([O-])c1ccc(CO)c(C(F)(F)F)c1. The van der Waals surface area contributed by atoms with E-state index >= 15 is 0 Å². The molecule has 0 heterocycles. The lowest BCUT2D eigenvalue weighted by Gasteiger charge is -2.11. The predicted molar refractivity (Wildman–Crippen MR) is 92.5 cm³/mol. The van der Waals surface area contributed by atoms with Gasteiger partial charge in [0.05, 0.1) is 29.3 Å². The van der Waals surface area contributed by atoms with Crippen molar-refractivity contribution in [3.8, 4) is 0 Å². The Kier molecular flexibility index (Phi) is 9.08. The molecule has 0 aliphatic carbocycles. The highest BCUT2D eigenvalue weighted by molar-refractivity contribution is 5.45. The van der Waals surface area contributed by atoms with Crippen molar-refractivity contribution in [2.45, 2.75) is 33.0 Å². The van der Waals surface area contributed by atoms with Crippen LogP contribution in [-0.2, 0) is 25.6 Å². The van der Waals surface area contributed by atoms with Crippen molar-refractivity contribution in [3.05, 3.63) is 68.8 Å². The number of non-ortho nitro benzene ring substituents is 1. The molecule has 0 aliphatic rings. The van der Waals surface area contributed by atoms with Crippen LogP contribution in [0.3, 0.4) is 0 Å². The van der Waals surface area contributed by atoms with E-state index in [1.54, 1.807) is 0 Å². The van der Waals surface area contributed by atoms with Crippen LogP contribution in [0.1, 0.15) is 29.7 Å². The normalized spacial score (nSPS) is 11.2. The molecule has 0 atom stereocenters. The van der Waals surface area contributed by atoms with Gasteiger partial charge in [-0.05, 0) is 29.3 Å². The molecule has 0 saturated heterocycles. The van der Waals surface area contributed by atoms with Gasteiger partial charge in [0.25, 0.3) is 5.69 Å². The number of hydrogen-bond acceptors (Lipinski definition) is 5. The molecule has 0 fully saturated rings. The smallest absolute Gasteiger partial charge is 0.399 e. The molecule has 0 aliphatic heterocycles. The fourth-order valence-corrected chi connectivity index (χ4v) is 2.08. The van der Waals surface area contributed by atoms with Gasteiger partial charge in [-0.3, -0.25) is 10.1 Å². The lowest BCUT2D eigenvalue weighted by molar-refractivity contribution is -0.385. The van der Waals surface area contributed by atoms with Crippen LogP contribution in [0, 0.1) is 10.1 Å². The van der Waals surface area contributed by atoms with E-state index in [4.69, 9.17) is 15.9 Å². The molecule has 2 rings (SSSR count). The minimum absolute atomic E-state index is 0. The number of aliphatic hydroxyl groups is 2. The van der Waals surface area contributed by atoms with Crippen molar-refractivity contribution in [1.29, 1.82) is 0 Å². The molecule has 0 bridgehead atoms. The first kappa shape index (κ1) is 26.1. The van der Waals surface area contributed by atoms with E-state index in [-0.39, 0.29) is 24.2 Å². The fraction of sp³-hybridized carbons (Fsp3) is 0.294. The van der Waals surface area contributed by atoms with Crippen LogP contribution >= 0.6 is 0 Å². The van der Waals surface area contributed by atoms with Crippen molar-refractivity contribution < 1.29 is 41.5 Å². The zero-order chi connectivity index (χ0) is 21.7. The number of nitro benzene ring substituents is 1. The Morgan fingerprint density at radius 1 is 0.862 bits per heavy atom. The first-order chi connectivity index (χ1) is 12.8. The molecule has 0 unspecified atom stereocenters. The van der Waals surface area contributed by atoms with Gasteiger partial charge in [0, 0.05) is 17.8 Å². The number of rotatable bonds is 3. The summed E-state index contributed by atoms with van der Waals surface area (Å²) in [6.45, 7) is -1.46. The van der Waals surface area contributed by atoms with Crippen molar-refractivity contribution in [1.82, 2.24) is 0 Å². The lowest BCUT2D eigenvalue weighted by Crippen LogP contribution is -2.09. The molecule has 0 radical (unpaired) electrons. The van der Waals surface area contributed by atoms with Gasteiger partial charge in [-0.1, -0.05) is 13.5 Å². The van der Waals surface area contributed by atoms with Gasteiger partial charge in [-0.15, -0.1) is 0 Å². The third-order valence-corrected chi connectivity index (χ3v) is 3.39. The molecule has 12 heteroatoms. The molecule has 0 saturated carbocycles. The van der Waals surface area contributed by atoms with Gasteiger partial charge < -0.3 is 15.9 Å². The highest BCUT2D eigenvalue weighted by Gasteiger charge is 2.35. The van der Waals surface area contributed by atoms with E-state index in [0.717, 1.165) is 24.3 Å². The quantitative estimate of drug-likeness (QED) is 0.288. The topological polar surface area (TPSA) is 110 Å². The minimum atomic E-state index is -4.70. The van der Waals surface area contributed by atoms with Gasteiger partial charge in [-0.25, -0.2) is 0 Å². The van der Waals surface area contributed by atoms with Crippen molar-refractivity contribution in [3.63, 3.8) is 0 Å². The number of halogens is 6. The zero-order valence-corrected chi connectivity index (χ0v) is 13.9. The van der Waals surface area contributed by atoms with E-state index in [1.807, 2.05) is 0 Å². The maximum absolute atomic E-state index is 12.3. The lowest BCUT2D eigenvalue weighted by atomic mass is 10.1. The highest BCUT2D eigenvalue weighted by atomic mass is 19.4. The minimum Gasteiger partial charge on any atom is -0.399 e. The monoisotopic (exact) mass is 428 g/mol. The fourth-order valence-electron chi connectivity index (χ4n) is 2.08. The number of nitro groups is 1. The standard InChI is InChI=1S/C8H6F3NO3.C8H8F3NO.CH4/c9-8(10,11)7-3-6(12(14)15)2-1-5(7)4-13;9-8(10,11)7-3-6(12)2-1-5(7)4-13;/h1-3,13H,4H2;1-3,13H,4,12H2;1H4. The Bertz CT molecular complexity index is 838. The summed E-state index contributed by atoms with van der Waals surface area (Å²) in [6.07, 6.45) is -9.17. The average Bonchev–Trinajstić information content (AvgIpc) is 2.60. The molecule has 29 heavy (non-hydrogen) atoms. The molecule has 0 spiro atoms. The molecular formula is C17H18F6N2O4. The van der Waals surface area contributed by atoms with Crippen LogP contribution in [0.25, 0.3) is 0 Å². The molecule has 2 aromatic carbocycles. The Morgan fingerprint density at radius 2 is 1.28 bits per heavy atom. The first-order valence-corrected chi connectivity index (χ1v) is 7.33. The summed E-state index contributed by atoms with van der Waals surface area (Å²) in [6, 6.07) is 5.51. The second-order valence-corrected chi connectivity index (χ2v) is 5.33. The van der Waals surface area contributed by atoms with Crippen molar-refractivity contribution >= 4 is 11.4 Å². The van der Waals surface area contributed by atoms with Gasteiger partial charge >= 0.3 is 12.4 Å². The largest absolute Gasteiger partial charge is 0.417 e. The number of alkyl halides is 6. The number of nitrogens with two attached hydrogens (primary N) is 1. The highest BCUT2D eigenvalue weighted by Crippen LogP contribution is 2.34. The summed E-state index contributed by atoms with van der Waals surface area (Å²) >= 11 is 0. The van der Waals surface area contributed by atoms with Crippen LogP contribution in [0.15, 0.2) is 36.4 Å². The molecule has 4 N–H and O–H groups in total. The maximum Gasteiger partial charge on any atom is 0.417 e. The van der Waals surface area contributed by atoms with E-state index in [2.05, 4.69) is 0 Å². The molecule has 6 nitrogen and oxygen atoms in total. The van der Waals surface area contributed by atoms with Crippen molar-refractivity contribution in [2.24, 2.45) is 0 Å². The van der Waals surface area contributed by atoms with Crippen LogP contribution < -0.4 is 5.73 Å². The predicted octanol–water partition coefficient (Wildman–Crippen LogP) is 4.52. The molecule has 0 aromatic heterocycles. The van der Waals surface area contributed by atoms with E-state index in [9.17, 15) is 36.5 Å². The molecular weight excluding hydrogens is 410 g/mol. The van der Waals surface area contributed by atoms with E-state index in [0.29, 0.717) is 6.07 Å². The summed E-state index contributed by atoms with van der Waals surface area (Å²) < 4.78 is 73.8. The van der Waals surface area contributed by atoms with Gasteiger partial charge in [0.2, 0.25) is 0 Å². The Hall–Kier alpha value is -2.86. The number of anilines is 1. The van der Waals surface area contributed by atoms with E-state index < -0.39 is 47.3 Å². The second kappa shape index (κ2) is 10.1. The van der Waals surface area contributed by atoms with Crippen LogP contribution in [0.5, 0.6) is 0 Å². The zero-order valence-electron chi connectivity index (χ0n) is 13.9. The molecule has 162 valence electrons. The second-order valence-electron chi connectivity index (χ2n) is 5.33. The maximum atomic E-state index is 12.3. The average molecular weight is 428 g/mol. The summed E-state index contributed by atoms with van der Waals surface area (Å²) in [7, 11) is 0. The van der Waals surface area contributed by atoms with Gasteiger partial charge in [-0.2, -0.15) is 26.3 Å². The summed E-state index contributed by atoms with van der Waals surface area (Å²) in [5.41, 5.74) is 1.97. The van der Waals surface area contributed by atoms with E-state index in [1.165, 1.54) is 6.07 Å². The van der Waals surface area contributed by atoms with Crippen molar-refractivity contribution in [2.75, 3.05) is 5.73 Å². The number of nitrogens with zero attached hydrogens (tertiary/aromatic N) is 1. The summed E-state index contributed by atoms with van der Waals surface area (Å²) in [5.74, 6) is 0. The van der Waals surface area contributed by atoms with Crippen LogP contribution in [0.2, 0.25) is 0 Å². The Balaban J connectivity index is 0.000000527. The Labute approximate surface area is 161 Å². The Morgan fingerprint density at radius 3 is 1.66 bits per heavy atom. The summed E-state index contributed by atoms with van der Waals surface area (Å²) in [5, 5.41) is 27.5. The number of benzene rings is 2. The van der Waals surface area contributed by atoms with Crippen LogP contribution in [-0.4, -0.2) is 15.1 Å². The number of nitrogen functional groups attached to an aromatic ring is 1.